The van der Waals surface area contributed by atoms with Crippen LogP contribution in [0, 0.1) is 0 Å². The first-order valence-corrected chi connectivity index (χ1v) is 7.80. The van der Waals surface area contributed by atoms with Crippen molar-refractivity contribution in [3.63, 3.8) is 0 Å². The Morgan fingerprint density at radius 3 is 2.22 bits per heavy atom. The molecule has 118 valence electrons. The van der Waals surface area contributed by atoms with Crippen LogP contribution in [0.4, 0.5) is 0 Å². The van der Waals surface area contributed by atoms with Crippen molar-refractivity contribution in [3.8, 4) is 11.1 Å². The molecule has 4 nitrogen and oxygen atoms in total. The third-order valence-corrected chi connectivity index (χ3v) is 3.80. The van der Waals surface area contributed by atoms with Crippen LogP contribution in [0.3, 0.4) is 0 Å². The highest BCUT2D eigenvalue weighted by Gasteiger charge is 2.27. The van der Waals surface area contributed by atoms with Gasteiger partial charge in [0.25, 0.3) is 5.91 Å². The van der Waals surface area contributed by atoms with Gasteiger partial charge in [-0.2, -0.15) is 0 Å². The zero-order chi connectivity index (χ0) is 16.2. The Kier molecular flexibility index (Phi) is 4.42. The Morgan fingerprint density at radius 1 is 1.00 bits per heavy atom. The summed E-state index contributed by atoms with van der Waals surface area (Å²) in [5, 5.41) is 2.82. The van der Waals surface area contributed by atoms with Gasteiger partial charge < -0.3 is 10.1 Å². The van der Waals surface area contributed by atoms with Crippen LogP contribution < -0.4 is 5.32 Å². The van der Waals surface area contributed by atoms with Gasteiger partial charge in [-0.25, -0.2) is 4.79 Å². The molecule has 0 aromatic heterocycles. The van der Waals surface area contributed by atoms with Crippen LogP contribution in [0.15, 0.2) is 54.6 Å². The lowest BCUT2D eigenvalue weighted by Crippen LogP contribution is -2.37. The van der Waals surface area contributed by atoms with E-state index in [-0.39, 0.29) is 11.9 Å². The zero-order valence-electron chi connectivity index (χ0n) is 13.0. The van der Waals surface area contributed by atoms with E-state index in [4.69, 9.17) is 4.74 Å². The molecule has 2 aromatic carbocycles. The molecule has 0 bridgehead atoms. The minimum Gasteiger partial charge on any atom is -0.449 e. The second kappa shape index (κ2) is 6.65. The van der Waals surface area contributed by atoms with E-state index in [1.807, 2.05) is 42.5 Å². The average Bonchev–Trinajstić information content (AvgIpc) is 3.39. The Hall–Kier alpha value is -2.62. The van der Waals surface area contributed by atoms with E-state index in [2.05, 4.69) is 5.32 Å². The van der Waals surface area contributed by atoms with Crippen molar-refractivity contribution < 1.29 is 14.3 Å². The van der Waals surface area contributed by atoms with Crippen LogP contribution in [-0.4, -0.2) is 24.0 Å². The molecule has 0 spiro atoms. The molecule has 1 saturated carbocycles. The van der Waals surface area contributed by atoms with Crippen LogP contribution >= 0.6 is 0 Å². The first-order valence-electron chi connectivity index (χ1n) is 7.80. The number of hydrogen-bond acceptors (Lipinski definition) is 3. The van der Waals surface area contributed by atoms with Gasteiger partial charge in [-0.1, -0.05) is 42.5 Å². The van der Waals surface area contributed by atoms with Crippen molar-refractivity contribution in [2.75, 3.05) is 0 Å². The zero-order valence-corrected chi connectivity index (χ0v) is 13.0. The molecular weight excluding hydrogens is 290 g/mol. The highest BCUT2D eigenvalue weighted by molar-refractivity contribution is 5.92. The predicted molar refractivity (Wildman–Crippen MR) is 87.9 cm³/mol. The molecule has 23 heavy (non-hydrogen) atoms. The van der Waals surface area contributed by atoms with Crippen molar-refractivity contribution in [2.45, 2.75) is 31.9 Å². The van der Waals surface area contributed by atoms with Crippen LogP contribution in [-0.2, 0) is 9.53 Å². The third kappa shape index (κ3) is 3.97. The monoisotopic (exact) mass is 309 g/mol. The van der Waals surface area contributed by atoms with Crippen molar-refractivity contribution in [1.29, 1.82) is 0 Å². The topological polar surface area (TPSA) is 55.4 Å². The van der Waals surface area contributed by atoms with Crippen LogP contribution in [0.1, 0.15) is 30.1 Å². The normalized spacial score (nSPS) is 14.8. The number of ether oxygens (including phenoxy) is 1. The molecule has 4 heteroatoms. The fourth-order valence-electron chi connectivity index (χ4n) is 2.26. The van der Waals surface area contributed by atoms with Gasteiger partial charge in [0.15, 0.2) is 6.10 Å². The summed E-state index contributed by atoms with van der Waals surface area (Å²) in [6, 6.07) is 17.4. The molecule has 0 unspecified atom stereocenters. The molecule has 3 rings (SSSR count). The van der Waals surface area contributed by atoms with Crippen LogP contribution in [0.5, 0.6) is 0 Å². The van der Waals surface area contributed by atoms with E-state index in [1.54, 1.807) is 19.1 Å². The summed E-state index contributed by atoms with van der Waals surface area (Å²) >= 11 is 0. The lowest BCUT2D eigenvalue weighted by atomic mass is 10.0. The molecule has 0 aliphatic heterocycles. The quantitative estimate of drug-likeness (QED) is 0.863. The van der Waals surface area contributed by atoms with E-state index < -0.39 is 12.1 Å². The first-order chi connectivity index (χ1) is 11.1. The second-order valence-corrected chi connectivity index (χ2v) is 5.77. The fourth-order valence-corrected chi connectivity index (χ4v) is 2.26. The second-order valence-electron chi connectivity index (χ2n) is 5.77. The van der Waals surface area contributed by atoms with Crippen molar-refractivity contribution in [1.82, 2.24) is 5.32 Å². The molecule has 0 radical (unpaired) electrons. The summed E-state index contributed by atoms with van der Waals surface area (Å²) in [6.45, 7) is 1.59. The Labute approximate surface area is 135 Å². The third-order valence-electron chi connectivity index (χ3n) is 3.80. The number of amides is 1. The number of benzene rings is 2. The van der Waals surface area contributed by atoms with Gasteiger partial charge in [0.1, 0.15) is 0 Å². The minimum absolute atomic E-state index is 0.234. The van der Waals surface area contributed by atoms with Gasteiger partial charge in [0.2, 0.25) is 0 Å². The largest absolute Gasteiger partial charge is 0.449 e. The van der Waals surface area contributed by atoms with Gasteiger partial charge in [0, 0.05) is 6.04 Å². The molecule has 0 saturated heterocycles. The Balaban J connectivity index is 1.62. The number of rotatable bonds is 5. The maximum Gasteiger partial charge on any atom is 0.338 e. The molecule has 0 heterocycles. The Bertz CT molecular complexity index is 690. The molecule has 1 aliphatic carbocycles. The molecule has 1 atom stereocenters. The van der Waals surface area contributed by atoms with E-state index in [1.165, 1.54) is 0 Å². The number of hydrogen-bond donors (Lipinski definition) is 1. The number of carbonyl (C=O) groups is 2. The molecule has 1 fully saturated rings. The molecule has 1 N–H and O–H groups in total. The molecule has 2 aromatic rings. The smallest absolute Gasteiger partial charge is 0.338 e. The van der Waals surface area contributed by atoms with Crippen LogP contribution in [0.25, 0.3) is 11.1 Å². The molecular formula is C19H19NO3. The molecule has 1 aliphatic rings. The van der Waals surface area contributed by atoms with Gasteiger partial charge >= 0.3 is 5.97 Å². The van der Waals surface area contributed by atoms with E-state index in [0.717, 1.165) is 24.0 Å². The predicted octanol–water partition coefficient (Wildman–Crippen LogP) is 3.18. The highest BCUT2D eigenvalue weighted by atomic mass is 16.5. The number of esters is 1. The van der Waals surface area contributed by atoms with Gasteiger partial charge in [0.05, 0.1) is 5.56 Å². The van der Waals surface area contributed by atoms with Crippen LogP contribution in [0.2, 0.25) is 0 Å². The number of nitrogens with one attached hydrogen (secondary N) is 1. The van der Waals surface area contributed by atoms with Crippen molar-refractivity contribution in [2.24, 2.45) is 0 Å². The maximum absolute atomic E-state index is 12.1. The lowest BCUT2D eigenvalue weighted by Gasteiger charge is -2.13. The maximum atomic E-state index is 12.1. The highest BCUT2D eigenvalue weighted by Crippen LogP contribution is 2.20. The van der Waals surface area contributed by atoms with Gasteiger partial charge in [-0.05, 0) is 43.0 Å². The summed E-state index contributed by atoms with van der Waals surface area (Å²) in [6.07, 6.45) is 1.23. The van der Waals surface area contributed by atoms with Crippen molar-refractivity contribution >= 4 is 11.9 Å². The average molecular weight is 309 g/mol. The number of carbonyl (C=O) groups excluding carboxylic acids is 2. The van der Waals surface area contributed by atoms with Crippen molar-refractivity contribution in [3.05, 3.63) is 60.2 Å². The summed E-state index contributed by atoms with van der Waals surface area (Å²) in [4.78, 5) is 23.9. The van der Waals surface area contributed by atoms with E-state index >= 15 is 0 Å². The standard InChI is InChI=1S/C19H19NO3/c1-13(18(21)20-17-11-12-17)23-19(22)16-9-7-15(8-10-16)14-5-3-2-4-6-14/h2-10,13,17H,11-12H2,1H3,(H,20,21)/t13-/m0/s1. The van der Waals surface area contributed by atoms with E-state index in [9.17, 15) is 9.59 Å². The molecule has 1 amide bonds. The minimum atomic E-state index is -0.781. The van der Waals surface area contributed by atoms with Gasteiger partial charge in [-0.15, -0.1) is 0 Å². The summed E-state index contributed by atoms with van der Waals surface area (Å²) in [5.74, 6) is -0.718. The first kappa shape index (κ1) is 15.3. The SMILES string of the molecule is C[C@H](OC(=O)c1ccc(-c2ccccc2)cc1)C(=O)NC1CC1. The van der Waals surface area contributed by atoms with Gasteiger partial charge in [-0.3, -0.25) is 4.79 Å². The summed E-state index contributed by atoms with van der Waals surface area (Å²) in [5.41, 5.74) is 2.56. The summed E-state index contributed by atoms with van der Waals surface area (Å²) in [7, 11) is 0. The van der Waals surface area contributed by atoms with E-state index in [0.29, 0.717) is 5.56 Å². The fraction of sp³-hybridized carbons (Fsp3) is 0.263. The summed E-state index contributed by atoms with van der Waals surface area (Å²) < 4.78 is 5.22. The lowest BCUT2D eigenvalue weighted by molar-refractivity contribution is -0.129. The Morgan fingerprint density at radius 2 is 1.61 bits per heavy atom.